The molecule has 6 bridgehead atoms. The second kappa shape index (κ2) is 9.64. The maximum atomic E-state index is 14.5. The molecule has 0 aromatic carbocycles. The molecule has 13 heteroatoms. The Kier molecular flexibility index (Phi) is 7.28. The zero-order valence-corrected chi connectivity index (χ0v) is 22.4. The lowest BCUT2D eigenvalue weighted by Gasteiger charge is -2.56. The lowest BCUT2D eigenvalue weighted by Crippen LogP contribution is -2.65. The van der Waals surface area contributed by atoms with Crippen molar-refractivity contribution in [3.8, 4) is 0 Å². The first-order valence-electron chi connectivity index (χ1n) is 14.0. The average molecular weight is 595 g/mol. The Morgan fingerprint density at radius 3 is 1.68 bits per heavy atom. The van der Waals surface area contributed by atoms with Gasteiger partial charge in [0.1, 0.15) is 12.9 Å². The highest BCUT2D eigenvalue weighted by Crippen LogP contribution is 2.63. The first kappa shape index (κ1) is 30.2. The van der Waals surface area contributed by atoms with Crippen molar-refractivity contribution in [1.82, 2.24) is 0 Å². The van der Waals surface area contributed by atoms with Crippen LogP contribution in [-0.4, -0.2) is 48.6 Å². The Morgan fingerprint density at radius 2 is 1.27 bits per heavy atom. The van der Waals surface area contributed by atoms with Gasteiger partial charge in [-0.2, -0.15) is 39.5 Å². The van der Waals surface area contributed by atoms with E-state index in [-0.39, 0.29) is 6.42 Å². The summed E-state index contributed by atoms with van der Waals surface area (Å²) in [5.74, 6) is -4.67. The minimum Gasteiger partial charge on any atom is -0.461 e. The van der Waals surface area contributed by atoms with E-state index in [0.717, 1.165) is 26.2 Å². The smallest absolute Gasteiger partial charge is 0.426 e. The number of alkyl halides is 9. The molecule has 0 heterocycles. The van der Waals surface area contributed by atoms with Crippen molar-refractivity contribution < 1.29 is 58.5 Å². The highest BCUT2D eigenvalue weighted by molar-refractivity contribution is 5.77. The van der Waals surface area contributed by atoms with Gasteiger partial charge in [0.15, 0.2) is 5.41 Å². The SMILES string of the molecule is CCC(C)(C(=O)OC1CC2CC1CC2C(OCOC12CC3CC(CC(C3)C1)C2)(C(F)(F)F)C(F)(F)F)C(F)(F)F. The molecule has 0 spiro atoms. The van der Waals surface area contributed by atoms with Gasteiger partial charge in [0.05, 0.1) is 5.60 Å². The van der Waals surface area contributed by atoms with E-state index in [1.54, 1.807) is 0 Å². The van der Waals surface area contributed by atoms with Crippen LogP contribution in [0.25, 0.3) is 0 Å². The van der Waals surface area contributed by atoms with Crippen LogP contribution in [-0.2, 0) is 19.0 Å². The molecule has 4 nitrogen and oxygen atoms in total. The van der Waals surface area contributed by atoms with Crippen molar-refractivity contribution in [2.24, 2.45) is 40.9 Å². The summed E-state index contributed by atoms with van der Waals surface area (Å²) < 4.78 is 143. The summed E-state index contributed by atoms with van der Waals surface area (Å²) in [6, 6.07) is 0. The highest BCUT2D eigenvalue weighted by atomic mass is 19.4. The van der Waals surface area contributed by atoms with Crippen molar-refractivity contribution in [3.05, 3.63) is 0 Å². The summed E-state index contributed by atoms with van der Waals surface area (Å²) in [5.41, 5.74) is -8.09. The molecule has 6 fully saturated rings. The van der Waals surface area contributed by atoms with Gasteiger partial charge in [-0.15, -0.1) is 0 Å². The highest BCUT2D eigenvalue weighted by Gasteiger charge is 2.78. The normalized spacial score (nSPS) is 39.0. The van der Waals surface area contributed by atoms with Crippen LogP contribution in [0.5, 0.6) is 0 Å². The zero-order chi connectivity index (χ0) is 29.5. The fraction of sp³-hybridized carbons (Fsp3) is 0.963. The molecule has 40 heavy (non-hydrogen) atoms. The van der Waals surface area contributed by atoms with Gasteiger partial charge >= 0.3 is 24.5 Å². The quantitative estimate of drug-likeness (QED) is 0.164. The van der Waals surface area contributed by atoms with E-state index >= 15 is 0 Å². The summed E-state index contributed by atoms with van der Waals surface area (Å²) in [4.78, 5) is 12.4. The Hall–Kier alpha value is -1.24. The lowest BCUT2D eigenvalue weighted by molar-refractivity contribution is -0.419. The maximum absolute atomic E-state index is 14.5. The number of esters is 1. The number of ether oxygens (including phenoxy) is 3. The van der Waals surface area contributed by atoms with Gasteiger partial charge in [-0.1, -0.05) is 6.92 Å². The molecule has 6 aliphatic carbocycles. The molecule has 5 unspecified atom stereocenters. The van der Waals surface area contributed by atoms with Gasteiger partial charge in [0.25, 0.3) is 5.60 Å². The van der Waals surface area contributed by atoms with E-state index in [4.69, 9.17) is 14.2 Å². The van der Waals surface area contributed by atoms with Crippen LogP contribution in [0.3, 0.4) is 0 Å². The first-order chi connectivity index (χ1) is 18.3. The first-order valence-corrected chi connectivity index (χ1v) is 14.0. The summed E-state index contributed by atoms with van der Waals surface area (Å²) in [6.07, 6.45) is -14.7. The Balaban J connectivity index is 1.31. The van der Waals surface area contributed by atoms with E-state index in [9.17, 15) is 44.3 Å². The van der Waals surface area contributed by atoms with Crippen LogP contribution in [0.1, 0.15) is 78.1 Å². The Morgan fingerprint density at radius 1 is 0.750 bits per heavy atom. The third-order valence-corrected chi connectivity index (χ3v) is 10.8. The predicted octanol–water partition coefficient (Wildman–Crippen LogP) is 7.75. The van der Waals surface area contributed by atoms with Gasteiger partial charge in [-0.05, 0) is 101 Å². The topological polar surface area (TPSA) is 44.8 Å². The van der Waals surface area contributed by atoms with Crippen molar-refractivity contribution in [3.63, 3.8) is 0 Å². The molecule has 6 aliphatic rings. The summed E-state index contributed by atoms with van der Waals surface area (Å²) >= 11 is 0. The van der Waals surface area contributed by atoms with Crippen molar-refractivity contribution >= 4 is 5.97 Å². The summed E-state index contributed by atoms with van der Waals surface area (Å²) in [7, 11) is 0. The number of carbonyl (C=O) groups excluding carboxylic acids is 1. The molecule has 0 radical (unpaired) electrons. The van der Waals surface area contributed by atoms with Crippen LogP contribution >= 0.6 is 0 Å². The number of rotatable bonds is 8. The molecule has 0 saturated heterocycles. The van der Waals surface area contributed by atoms with Crippen LogP contribution in [0.4, 0.5) is 39.5 Å². The van der Waals surface area contributed by atoms with Crippen LogP contribution in [0, 0.1) is 40.9 Å². The largest absolute Gasteiger partial charge is 0.461 e. The number of carbonyl (C=O) groups is 1. The second-order valence-electron chi connectivity index (χ2n) is 13.2. The number of fused-ring (bicyclic) bond motifs is 2. The van der Waals surface area contributed by atoms with Gasteiger partial charge in [0, 0.05) is 5.92 Å². The van der Waals surface area contributed by atoms with Gasteiger partial charge in [-0.3, -0.25) is 4.79 Å². The van der Waals surface area contributed by atoms with E-state index in [0.29, 0.717) is 43.9 Å². The summed E-state index contributed by atoms with van der Waals surface area (Å²) in [6.45, 7) is 0.661. The summed E-state index contributed by atoms with van der Waals surface area (Å²) in [5, 5.41) is 0. The average Bonchev–Trinajstić information content (AvgIpc) is 3.38. The molecule has 0 N–H and O–H groups in total. The third kappa shape index (κ3) is 4.72. The predicted molar refractivity (Wildman–Crippen MR) is 121 cm³/mol. The van der Waals surface area contributed by atoms with Crippen molar-refractivity contribution in [2.45, 2.75) is 114 Å². The van der Waals surface area contributed by atoms with Crippen LogP contribution in [0.15, 0.2) is 0 Å². The van der Waals surface area contributed by atoms with Gasteiger partial charge in [0.2, 0.25) is 0 Å². The van der Waals surface area contributed by atoms with E-state index < -0.39 is 91.0 Å². The number of halogens is 9. The van der Waals surface area contributed by atoms with Crippen LogP contribution in [0.2, 0.25) is 0 Å². The fourth-order valence-electron chi connectivity index (χ4n) is 8.90. The van der Waals surface area contributed by atoms with E-state index in [1.165, 1.54) is 0 Å². The molecule has 0 aromatic heterocycles. The zero-order valence-electron chi connectivity index (χ0n) is 22.4. The second-order valence-corrected chi connectivity index (χ2v) is 13.2. The standard InChI is InChI=1S/C27H35F9O4/c1-3-22(2,25(28,29)30)21(37)40-20-9-17-7-18(20)8-19(17)24(26(31,32)33,27(34,35)36)39-13-38-23-10-14-4-15(11-23)6-16(5-14)12-23/h14-20H,3-13H2,1-2H3. The minimum atomic E-state index is -5.82. The van der Waals surface area contributed by atoms with Crippen molar-refractivity contribution in [2.75, 3.05) is 6.79 Å². The molecular formula is C27H35F9O4. The van der Waals surface area contributed by atoms with E-state index in [2.05, 4.69) is 0 Å². The fourth-order valence-corrected chi connectivity index (χ4v) is 8.90. The molecular weight excluding hydrogens is 559 g/mol. The molecule has 6 rings (SSSR count). The molecule has 5 atom stereocenters. The van der Waals surface area contributed by atoms with Crippen LogP contribution < -0.4 is 0 Å². The molecule has 230 valence electrons. The Bertz CT molecular complexity index is 925. The van der Waals surface area contributed by atoms with Gasteiger partial charge < -0.3 is 14.2 Å². The van der Waals surface area contributed by atoms with Crippen molar-refractivity contribution in [1.29, 1.82) is 0 Å². The maximum Gasteiger partial charge on any atom is 0.426 e. The van der Waals surface area contributed by atoms with E-state index in [1.807, 2.05) is 0 Å². The molecule has 6 saturated carbocycles. The lowest BCUT2D eigenvalue weighted by atomic mass is 9.54. The number of hydrogen-bond acceptors (Lipinski definition) is 4. The minimum absolute atomic E-state index is 0.134. The molecule has 0 aliphatic heterocycles. The number of hydrogen-bond donors (Lipinski definition) is 0. The third-order valence-electron chi connectivity index (χ3n) is 10.8. The van der Waals surface area contributed by atoms with Gasteiger partial charge in [-0.25, -0.2) is 0 Å². The molecule has 0 aromatic rings. The Labute approximate surface area is 226 Å². The molecule has 0 amide bonds. The monoisotopic (exact) mass is 594 g/mol.